The van der Waals surface area contributed by atoms with Crippen LogP contribution in [-0.4, -0.2) is 42.9 Å². The molecule has 6 rings (SSSR count). The highest BCUT2D eigenvalue weighted by molar-refractivity contribution is 5.17. The average molecular weight is 649 g/mol. The van der Waals surface area contributed by atoms with Crippen molar-refractivity contribution >= 4 is 0 Å². The van der Waals surface area contributed by atoms with E-state index in [9.17, 15) is 0 Å². The predicted molar refractivity (Wildman–Crippen MR) is 187 cm³/mol. The van der Waals surface area contributed by atoms with Crippen LogP contribution in [0.25, 0.3) is 0 Å². The van der Waals surface area contributed by atoms with Gasteiger partial charge in [0.1, 0.15) is 24.4 Å². The largest absolute Gasteiger partial charge is 0.374 e. The second-order valence-corrected chi connectivity index (χ2v) is 12.7. The molecule has 2 aliphatic rings. The Morgan fingerprint density at radius 2 is 1.04 bits per heavy atom. The molecule has 4 aromatic carbocycles. The minimum Gasteiger partial charge on any atom is -0.374 e. The molecular formula is C42H48O6. The van der Waals surface area contributed by atoms with Gasteiger partial charge in [0.25, 0.3) is 0 Å². The summed E-state index contributed by atoms with van der Waals surface area (Å²) in [4.78, 5) is 0. The van der Waals surface area contributed by atoms with E-state index >= 15 is 0 Å². The Bertz CT molecular complexity index is 1480. The summed E-state index contributed by atoms with van der Waals surface area (Å²) in [6.07, 6.45) is 4.85. The van der Waals surface area contributed by atoms with Crippen LogP contribution in [0.4, 0.5) is 0 Å². The van der Waals surface area contributed by atoms with Gasteiger partial charge in [-0.05, 0) is 41.2 Å². The zero-order valence-electron chi connectivity index (χ0n) is 27.7. The molecule has 0 amide bonds. The second kappa shape index (κ2) is 17.7. The van der Waals surface area contributed by atoms with Gasteiger partial charge in [-0.3, -0.25) is 0 Å². The van der Waals surface area contributed by atoms with Gasteiger partial charge in [-0.15, -0.1) is 0 Å². The highest BCUT2D eigenvalue weighted by Crippen LogP contribution is 2.41. The molecule has 0 aromatic heterocycles. The van der Waals surface area contributed by atoms with Crippen molar-refractivity contribution in [1.82, 2.24) is 0 Å². The standard InChI is InChI=1S/C42H48O6/c1-2-42(47-37-26-16-7-17-27-37)41(46-31-36-24-14-6-15-25-36)40(45-30-35-22-12-5-13-23-35)39(44-29-34-20-10-4-11-21-34)38(48-42)32-43-28-33-18-8-3-9-19-33/h2-6,8-15,18-25,37-41H,1,7,16-17,26-32H2/t38-,39+,40+,41-,42+/m1/s1. The fraction of sp³-hybridized carbons (Fsp3) is 0.381. The van der Waals surface area contributed by atoms with Crippen LogP contribution in [0.2, 0.25) is 0 Å². The summed E-state index contributed by atoms with van der Waals surface area (Å²) in [6.45, 7) is 6.11. The lowest BCUT2D eigenvalue weighted by Crippen LogP contribution is -2.68. The number of benzene rings is 4. The number of rotatable bonds is 16. The molecule has 0 unspecified atom stereocenters. The normalized spacial score (nSPS) is 24.7. The lowest BCUT2D eigenvalue weighted by molar-refractivity contribution is -0.373. The minimum absolute atomic E-state index is 0.0158. The molecule has 252 valence electrons. The van der Waals surface area contributed by atoms with Crippen molar-refractivity contribution < 1.29 is 28.4 Å². The zero-order valence-corrected chi connectivity index (χ0v) is 27.7. The van der Waals surface area contributed by atoms with E-state index in [1.807, 2.05) is 72.8 Å². The van der Waals surface area contributed by atoms with Crippen molar-refractivity contribution in [3.05, 3.63) is 156 Å². The predicted octanol–water partition coefficient (Wildman–Crippen LogP) is 8.59. The molecule has 6 nitrogen and oxygen atoms in total. The van der Waals surface area contributed by atoms with E-state index in [1.165, 1.54) is 6.42 Å². The number of hydrogen-bond acceptors (Lipinski definition) is 6. The molecule has 5 atom stereocenters. The van der Waals surface area contributed by atoms with E-state index in [2.05, 4.69) is 55.1 Å². The Hall–Kier alpha value is -3.62. The van der Waals surface area contributed by atoms with Crippen molar-refractivity contribution in [1.29, 1.82) is 0 Å². The summed E-state index contributed by atoms with van der Waals surface area (Å²) in [7, 11) is 0. The maximum atomic E-state index is 7.05. The molecule has 1 aliphatic heterocycles. The molecule has 1 saturated carbocycles. The lowest BCUT2D eigenvalue weighted by Gasteiger charge is -2.52. The highest BCUT2D eigenvalue weighted by atomic mass is 16.7. The molecule has 6 heteroatoms. The van der Waals surface area contributed by atoms with Crippen molar-refractivity contribution in [2.75, 3.05) is 6.61 Å². The Labute approximate surface area is 285 Å². The monoisotopic (exact) mass is 648 g/mol. The Kier molecular flexibility index (Phi) is 12.6. The zero-order chi connectivity index (χ0) is 32.9. The third-order valence-electron chi connectivity index (χ3n) is 9.14. The van der Waals surface area contributed by atoms with Crippen LogP contribution in [0, 0.1) is 0 Å². The molecule has 1 heterocycles. The maximum absolute atomic E-state index is 7.05. The van der Waals surface area contributed by atoms with Gasteiger partial charge < -0.3 is 28.4 Å². The molecular weight excluding hydrogens is 600 g/mol. The highest BCUT2D eigenvalue weighted by Gasteiger charge is 2.57. The first-order valence-corrected chi connectivity index (χ1v) is 17.3. The molecule has 1 saturated heterocycles. The summed E-state index contributed by atoms with van der Waals surface area (Å²) < 4.78 is 41.0. The molecule has 1 aliphatic carbocycles. The first-order valence-electron chi connectivity index (χ1n) is 17.3. The van der Waals surface area contributed by atoms with Crippen molar-refractivity contribution in [3.63, 3.8) is 0 Å². The third kappa shape index (κ3) is 9.29. The summed E-state index contributed by atoms with van der Waals surface area (Å²) in [6, 6.07) is 40.7. The minimum atomic E-state index is -1.29. The van der Waals surface area contributed by atoms with Crippen molar-refractivity contribution in [2.24, 2.45) is 0 Å². The van der Waals surface area contributed by atoms with Crippen LogP contribution in [0.15, 0.2) is 134 Å². The quantitative estimate of drug-likeness (QED) is 0.114. The Morgan fingerprint density at radius 1 is 0.583 bits per heavy atom. The fourth-order valence-corrected chi connectivity index (χ4v) is 6.62. The Morgan fingerprint density at radius 3 is 1.54 bits per heavy atom. The molecule has 0 spiro atoms. The van der Waals surface area contributed by atoms with E-state index in [4.69, 9.17) is 28.4 Å². The first kappa shape index (κ1) is 34.3. The molecule has 48 heavy (non-hydrogen) atoms. The van der Waals surface area contributed by atoms with E-state index < -0.39 is 30.2 Å². The fourth-order valence-electron chi connectivity index (χ4n) is 6.62. The van der Waals surface area contributed by atoms with Gasteiger partial charge in [-0.1, -0.05) is 147 Å². The van der Waals surface area contributed by atoms with Gasteiger partial charge in [0.15, 0.2) is 0 Å². The van der Waals surface area contributed by atoms with Gasteiger partial charge in [-0.2, -0.15) is 0 Å². The summed E-state index contributed by atoms with van der Waals surface area (Å²) in [5.41, 5.74) is 4.25. The summed E-state index contributed by atoms with van der Waals surface area (Å²) in [5.74, 6) is -1.29. The molecule has 2 fully saturated rings. The first-order chi connectivity index (χ1) is 23.7. The number of hydrogen-bond donors (Lipinski definition) is 0. The van der Waals surface area contributed by atoms with E-state index in [1.54, 1.807) is 6.08 Å². The van der Waals surface area contributed by atoms with Gasteiger partial charge in [0, 0.05) is 0 Å². The van der Waals surface area contributed by atoms with E-state index in [-0.39, 0.29) is 12.7 Å². The van der Waals surface area contributed by atoms with E-state index in [0.29, 0.717) is 26.4 Å². The van der Waals surface area contributed by atoms with Crippen LogP contribution in [0.5, 0.6) is 0 Å². The second-order valence-electron chi connectivity index (χ2n) is 12.7. The molecule has 0 bridgehead atoms. The summed E-state index contributed by atoms with van der Waals surface area (Å²) >= 11 is 0. The molecule has 4 aromatic rings. The van der Waals surface area contributed by atoms with Crippen LogP contribution in [0.1, 0.15) is 54.4 Å². The van der Waals surface area contributed by atoms with E-state index in [0.717, 1.165) is 47.9 Å². The van der Waals surface area contributed by atoms with Crippen LogP contribution < -0.4 is 0 Å². The van der Waals surface area contributed by atoms with Gasteiger partial charge >= 0.3 is 0 Å². The average Bonchev–Trinajstić information content (AvgIpc) is 3.15. The lowest BCUT2D eigenvalue weighted by atomic mass is 9.90. The van der Waals surface area contributed by atoms with Crippen LogP contribution in [-0.2, 0) is 54.8 Å². The number of ether oxygens (including phenoxy) is 6. The SMILES string of the molecule is C=C[C@]1(OC2CCCCC2)O[C@H](COCc2ccccc2)[C@H](OCc2ccccc2)[C@H](OCc2ccccc2)[C@H]1OCc1ccccc1. The topological polar surface area (TPSA) is 55.4 Å². The maximum Gasteiger partial charge on any atom is 0.218 e. The van der Waals surface area contributed by atoms with Crippen molar-refractivity contribution in [3.8, 4) is 0 Å². The molecule has 0 N–H and O–H groups in total. The van der Waals surface area contributed by atoms with Crippen molar-refractivity contribution in [2.45, 2.75) is 94.8 Å². The Balaban J connectivity index is 1.35. The smallest absolute Gasteiger partial charge is 0.218 e. The summed E-state index contributed by atoms with van der Waals surface area (Å²) in [5, 5.41) is 0. The van der Waals surface area contributed by atoms with Crippen LogP contribution >= 0.6 is 0 Å². The molecule has 0 radical (unpaired) electrons. The van der Waals surface area contributed by atoms with Gasteiger partial charge in [-0.25, -0.2) is 0 Å². The third-order valence-corrected chi connectivity index (χ3v) is 9.14. The van der Waals surface area contributed by atoms with Crippen LogP contribution in [0.3, 0.4) is 0 Å². The van der Waals surface area contributed by atoms with Gasteiger partial charge in [0.2, 0.25) is 5.79 Å². The van der Waals surface area contributed by atoms with Gasteiger partial charge in [0.05, 0.1) is 39.1 Å².